The Labute approximate surface area is 257 Å². The Kier molecular flexibility index (Phi) is 6.09. The molecule has 7 aromatic rings. The van der Waals surface area contributed by atoms with Crippen molar-refractivity contribution in [2.45, 2.75) is 19.3 Å². The fourth-order valence-electron chi connectivity index (χ4n) is 6.25. The van der Waals surface area contributed by atoms with E-state index in [9.17, 15) is 0 Å². The van der Waals surface area contributed by atoms with Crippen molar-refractivity contribution < 1.29 is 0 Å². The van der Waals surface area contributed by atoms with Crippen LogP contribution in [0.25, 0.3) is 44.7 Å². The van der Waals surface area contributed by atoms with Gasteiger partial charge >= 0.3 is 0 Å². The minimum atomic E-state index is -0.233. The molecular weight excluding hydrogens is 536 g/mol. The van der Waals surface area contributed by atoms with Crippen molar-refractivity contribution in [1.82, 2.24) is 15.0 Å². The summed E-state index contributed by atoms with van der Waals surface area (Å²) in [6, 6.07) is 51.1. The van der Waals surface area contributed by atoms with Crippen LogP contribution in [0, 0.1) is 0 Å². The smallest absolute Gasteiger partial charge is 0.238 e. The molecule has 1 aliphatic rings. The van der Waals surface area contributed by atoms with Crippen molar-refractivity contribution >= 4 is 28.1 Å². The van der Waals surface area contributed by atoms with Crippen LogP contribution in [0.4, 0.5) is 17.3 Å². The molecule has 0 radical (unpaired) electrons. The van der Waals surface area contributed by atoms with E-state index in [1.54, 1.807) is 0 Å². The monoisotopic (exact) mass is 566 g/mol. The molecule has 44 heavy (non-hydrogen) atoms. The second-order valence-electron chi connectivity index (χ2n) is 11.8. The van der Waals surface area contributed by atoms with Gasteiger partial charge in [0.15, 0.2) is 11.6 Å². The molecule has 2 heterocycles. The molecule has 4 bridgehead atoms. The van der Waals surface area contributed by atoms with Crippen molar-refractivity contribution in [1.29, 1.82) is 0 Å². The van der Waals surface area contributed by atoms with E-state index in [0.717, 1.165) is 28.1 Å². The normalized spacial score (nSPS) is 13.4. The van der Waals surface area contributed by atoms with Gasteiger partial charge in [-0.25, -0.2) is 4.98 Å². The number of para-hydroxylation sites is 1. The Bertz CT molecular complexity index is 2100. The molecule has 0 spiro atoms. The fraction of sp³-hybridized carbons (Fsp3) is 0.0750. The highest BCUT2D eigenvalue weighted by Crippen LogP contribution is 2.45. The van der Waals surface area contributed by atoms with Gasteiger partial charge in [0.2, 0.25) is 5.95 Å². The Morgan fingerprint density at radius 2 is 1.11 bits per heavy atom. The van der Waals surface area contributed by atoms with Crippen LogP contribution in [0.15, 0.2) is 146 Å². The highest BCUT2D eigenvalue weighted by molar-refractivity contribution is 6.01. The predicted octanol–water partition coefficient (Wildman–Crippen LogP) is 10.1. The van der Waals surface area contributed by atoms with E-state index >= 15 is 0 Å². The lowest BCUT2D eigenvalue weighted by Crippen LogP contribution is -2.20. The molecule has 0 aliphatic carbocycles. The number of hydrogen-bond donors (Lipinski definition) is 0. The van der Waals surface area contributed by atoms with E-state index in [2.05, 4.69) is 104 Å². The van der Waals surface area contributed by atoms with E-state index in [0.29, 0.717) is 17.6 Å². The molecule has 0 unspecified atom stereocenters. The SMILES string of the molecule is CC1(C)c2cccc(c2)N(c2nc(-c3ccccc3)nc(-c3ccccc3)n2)c2ccccc2-c2cccc3ccc1cc23. The molecule has 0 amide bonds. The van der Waals surface area contributed by atoms with Crippen molar-refractivity contribution in [3.8, 4) is 33.9 Å². The molecule has 0 saturated carbocycles. The molecule has 0 N–H and O–H groups in total. The van der Waals surface area contributed by atoms with E-state index in [4.69, 9.17) is 15.0 Å². The molecule has 0 atom stereocenters. The van der Waals surface area contributed by atoms with Crippen LogP contribution in [0.2, 0.25) is 0 Å². The maximum atomic E-state index is 5.17. The Morgan fingerprint density at radius 1 is 0.500 bits per heavy atom. The van der Waals surface area contributed by atoms with Gasteiger partial charge in [-0.3, -0.25) is 4.90 Å². The summed E-state index contributed by atoms with van der Waals surface area (Å²) in [6.45, 7) is 4.60. The van der Waals surface area contributed by atoms with Crippen LogP contribution in [-0.2, 0) is 5.41 Å². The third-order valence-electron chi connectivity index (χ3n) is 8.75. The number of nitrogens with zero attached hydrogens (tertiary/aromatic N) is 4. The standard InChI is InChI=1S/C40H30N4/c1-40(2)30-18-12-19-32(25-30)44(36-22-10-9-20-34(36)33-21-11-17-27-23-24-31(40)26-35(27)33)39-42-37(28-13-5-3-6-14-28)41-38(43-39)29-15-7-4-8-16-29/h3-26H,1-2H3. The summed E-state index contributed by atoms with van der Waals surface area (Å²) in [5.74, 6) is 1.83. The topological polar surface area (TPSA) is 41.9 Å². The van der Waals surface area contributed by atoms with Gasteiger partial charge < -0.3 is 0 Å². The Balaban J connectivity index is 1.47. The van der Waals surface area contributed by atoms with Gasteiger partial charge in [0.05, 0.1) is 5.69 Å². The minimum Gasteiger partial charge on any atom is -0.278 e. The molecule has 210 valence electrons. The van der Waals surface area contributed by atoms with Gasteiger partial charge in [-0.2, -0.15) is 9.97 Å². The van der Waals surface area contributed by atoms with Gasteiger partial charge in [-0.1, -0.05) is 135 Å². The van der Waals surface area contributed by atoms with Gasteiger partial charge in [0.25, 0.3) is 0 Å². The predicted molar refractivity (Wildman–Crippen MR) is 180 cm³/mol. The molecule has 4 nitrogen and oxygen atoms in total. The molecule has 0 fully saturated rings. The van der Waals surface area contributed by atoms with Gasteiger partial charge in [0, 0.05) is 27.8 Å². The van der Waals surface area contributed by atoms with Crippen molar-refractivity contribution in [2.24, 2.45) is 0 Å². The van der Waals surface area contributed by atoms with E-state index in [-0.39, 0.29) is 5.41 Å². The molecule has 1 aromatic heterocycles. The number of aromatic nitrogens is 3. The minimum absolute atomic E-state index is 0.233. The van der Waals surface area contributed by atoms with Gasteiger partial charge in [-0.05, 0) is 51.7 Å². The summed E-state index contributed by atoms with van der Waals surface area (Å²) in [7, 11) is 0. The quantitative estimate of drug-likeness (QED) is 0.213. The first-order valence-corrected chi connectivity index (χ1v) is 15.0. The van der Waals surface area contributed by atoms with E-state index in [1.165, 1.54) is 27.5 Å². The lowest BCUT2D eigenvalue weighted by Gasteiger charge is -2.29. The number of fused-ring (bicyclic) bond motifs is 5. The highest BCUT2D eigenvalue weighted by atomic mass is 15.3. The largest absolute Gasteiger partial charge is 0.278 e. The van der Waals surface area contributed by atoms with Gasteiger partial charge in [-0.15, -0.1) is 0 Å². The van der Waals surface area contributed by atoms with Crippen molar-refractivity contribution in [3.05, 3.63) is 157 Å². The number of rotatable bonds is 3. The van der Waals surface area contributed by atoms with Crippen LogP contribution < -0.4 is 4.90 Å². The second-order valence-corrected chi connectivity index (χ2v) is 11.8. The number of hydrogen-bond acceptors (Lipinski definition) is 4. The summed E-state index contributed by atoms with van der Waals surface area (Å²) >= 11 is 0. The van der Waals surface area contributed by atoms with Gasteiger partial charge in [0.1, 0.15) is 0 Å². The van der Waals surface area contributed by atoms with Crippen molar-refractivity contribution in [2.75, 3.05) is 4.90 Å². The van der Waals surface area contributed by atoms with Crippen LogP contribution in [0.1, 0.15) is 25.0 Å². The van der Waals surface area contributed by atoms with Crippen molar-refractivity contribution in [3.63, 3.8) is 0 Å². The zero-order valence-electron chi connectivity index (χ0n) is 24.6. The molecule has 4 heteroatoms. The summed E-state index contributed by atoms with van der Waals surface area (Å²) < 4.78 is 0. The third kappa shape index (κ3) is 4.35. The Hall–Kier alpha value is -5.61. The van der Waals surface area contributed by atoms with E-state index in [1.807, 2.05) is 60.7 Å². The van der Waals surface area contributed by atoms with Crippen LogP contribution in [-0.4, -0.2) is 15.0 Å². The highest BCUT2D eigenvalue weighted by Gasteiger charge is 2.28. The average molecular weight is 567 g/mol. The zero-order chi connectivity index (χ0) is 29.7. The summed E-state index contributed by atoms with van der Waals surface area (Å²) in [5.41, 5.74) is 8.43. The molecule has 1 aliphatic heterocycles. The summed E-state index contributed by atoms with van der Waals surface area (Å²) in [4.78, 5) is 17.5. The first kappa shape index (κ1) is 26.1. The van der Waals surface area contributed by atoms with Crippen LogP contribution in [0.3, 0.4) is 0 Å². The maximum Gasteiger partial charge on any atom is 0.238 e. The van der Waals surface area contributed by atoms with E-state index < -0.39 is 0 Å². The lowest BCUT2D eigenvalue weighted by atomic mass is 9.77. The number of anilines is 3. The molecular formula is C40H30N4. The lowest BCUT2D eigenvalue weighted by molar-refractivity contribution is 0.642. The zero-order valence-corrected chi connectivity index (χ0v) is 24.6. The second kappa shape index (κ2) is 10.3. The first-order chi connectivity index (χ1) is 21.6. The summed E-state index contributed by atoms with van der Waals surface area (Å²) in [6.07, 6.45) is 0. The Morgan fingerprint density at radius 3 is 1.84 bits per heavy atom. The molecule has 8 rings (SSSR count). The third-order valence-corrected chi connectivity index (χ3v) is 8.75. The fourth-order valence-corrected chi connectivity index (χ4v) is 6.25. The average Bonchev–Trinajstić information content (AvgIpc) is 3.09. The first-order valence-electron chi connectivity index (χ1n) is 15.0. The molecule has 0 saturated heterocycles. The number of benzene rings is 6. The molecule has 6 aromatic carbocycles. The maximum absolute atomic E-state index is 5.17. The van der Waals surface area contributed by atoms with Crippen LogP contribution >= 0.6 is 0 Å². The van der Waals surface area contributed by atoms with Crippen LogP contribution in [0.5, 0.6) is 0 Å². The summed E-state index contributed by atoms with van der Waals surface area (Å²) in [5, 5.41) is 2.44.